The van der Waals surface area contributed by atoms with Crippen LogP contribution >= 0.6 is 0 Å². The summed E-state index contributed by atoms with van der Waals surface area (Å²) in [6.45, 7) is 9.89. The minimum absolute atomic E-state index is 0.229. The van der Waals surface area contributed by atoms with Crippen LogP contribution in [-0.2, 0) is 19.1 Å². The molecule has 0 saturated carbocycles. The van der Waals surface area contributed by atoms with Crippen LogP contribution in [-0.4, -0.2) is 38.9 Å². The van der Waals surface area contributed by atoms with Crippen molar-refractivity contribution in [3.8, 4) is 11.5 Å². The molecule has 0 saturated heterocycles. The lowest BCUT2D eigenvalue weighted by molar-refractivity contribution is -0.139. The van der Waals surface area contributed by atoms with Gasteiger partial charge in [-0.2, -0.15) is 0 Å². The standard InChI is InChI=1S/C22H29NO6/c1-7-27-16-11-10-15(12-17(16)26-6)20-18(21(24)28-8-2)13(4)23-14(5)19(20)22(25)29-9-3/h10-12,20,23H,7-9H2,1-6H3. The van der Waals surface area contributed by atoms with Crippen LogP contribution in [0.15, 0.2) is 40.7 Å². The predicted octanol–water partition coefficient (Wildman–Crippen LogP) is 3.45. The monoisotopic (exact) mass is 403 g/mol. The third kappa shape index (κ3) is 4.72. The lowest BCUT2D eigenvalue weighted by atomic mass is 9.80. The van der Waals surface area contributed by atoms with Gasteiger partial charge in [0, 0.05) is 11.4 Å². The molecule has 0 fully saturated rings. The first-order valence-electron chi connectivity index (χ1n) is 9.72. The van der Waals surface area contributed by atoms with Crippen LogP contribution in [0.25, 0.3) is 0 Å². The van der Waals surface area contributed by atoms with Crippen molar-refractivity contribution in [2.45, 2.75) is 40.5 Å². The van der Waals surface area contributed by atoms with Gasteiger partial charge in [0.1, 0.15) is 0 Å². The Morgan fingerprint density at radius 3 is 1.90 bits per heavy atom. The van der Waals surface area contributed by atoms with E-state index in [2.05, 4.69) is 5.32 Å². The van der Waals surface area contributed by atoms with E-state index in [4.69, 9.17) is 18.9 Å². The van der Waals surface area contributed by atoms with Gasteiger partial charge in [-0.05, 0) is 52.3 Å². The summed E-state index contributed by atoms with van der Waals surface area (Å²) < 4.78 is 21.6. The van der Waals surface area contributed by atoms with Crippen molar-refractivity contribution >= 4 is 11.9 Å². The van der Waals surface area contributed by atoms with Gasteiger partial charge in [0.25, 0.3) is 0 Å². The summed E-state index contributed by atoms with van der Waals surface area (Å²) >= 11 is 0. The van der Waals surface area contributed by atoms with Crippen LogP contribution in [0.5, 0.6) is 11.5 Å². The number of carbonyl (C=O) groups excluding carboxylic acids is 2. The van der Waals surface area contributed by atoms with E-state index in [1.165, 1.54) is 0 Å². The molecule has 7 nitrogen and oxygen atoms in total. The molecule has 1 aliphatic heterocycles. The van der Waals surface area contributed by atoms with E-state index in [1.807, 2.05) is 13.0 Å². The highest BCUT2D eigenvalue weighted by Crippen LogP contribution is 2.42. The van der Waals surface area contributed by atoms with E-state index in [0.29, 0.717) is 46.2 Å². The molecule has 1 aromatic carbocycles. The second-order valence-corrected chi connectivity index (χ2v) is 6.42. The smallest absolute Gasteiger partial charge is 0.336 e. The van der Waals surface area contributed by atoms with Crippen molar-refractivity contribution in [1.29, 1.82) is 0 Å². The van der Waals surface area contributed by atoms with E-state index < -0.39 is 17.9 Å². The number of allylic oxidation sites excluding steroid dienone is 2. The van der Waals surface area contributed by atoms with Gasteiger partial charge in [-0.25, -0.2) is 9.59 Å². The fourth-order valence-electron chi connectivity index (χ4n) is 3.42. The first kappa shape index (κ1) is 22.3. The van der Waals surface area contributed by atoms with Gasteiger partial charge in [0.15, 0.2) is 11.5 Å². The van der Waals surface area contributed by atoms with E-state index in [-0.39, 0.29) is 13.2 Å². The molecule has 0 bridgehead atoms. The van der Waals surface area contributed by atoms with Crippen LogP contribution in [0, 0.1) is 0 Å². The van der Waals surface area contributed by atoms with Crippen molar-refractivity contribution in [3.63, 3.8) is 0 Å². The van der Waals surface area contributed by atoms with Gasteiger partial charge in [-0.3, -0.25) is 0 Å². The highest BCUT2D eigenvalue weighted by atomic mass is 16.5. The number of benzene rings is 1. The zero-order valence-electron chi connectivity index (χ0n) is 17.9. The van der Waals surface area contributed by atoms with Crippen molar-refractivity contribution < 1.29 is 28.5 Å². The molecule has 0 unspecified atom stereocenters. The van der Waals surface area contributed by atoms with Crippen LogP contribution in [0.1, 0.15) is 46.1 Å². The predicted molar refractivity (Wildman–Crippen MR) is 109 cm³/mol. The van der Waals surface area contributed by atoms with E-state index in [1.54, 1.807) is 46.9 Å². The van der Waals surface area contributed by atoms with E-state index in [0.717, 1.165) is 0 Å². The fraction of sp³-hybridized carbons (Fsp3) is 0.455. The van der Waals surface area contributed by atoms with E-state index >= 15 is 0 Å². The minimum Gasteiger partial charge on any atom is -0.493 e. The number of esters is 2. The zero-order chi connectivity index (χ0) is 21.6. The third-order valence-corrected chi connectivity index (χ3v) is 4.57. The summed E-state index contributed by atoms with van der Waals surface area (Å²) in [5.41, 5.74) is 2.70. The van der Waals surface area contributed by atoms with Crippen LogP contribution < -0.4 is 14.8 Å². The lowest BCUT2D eigenvalue weighted by Gasteiger charge is -2.30. The number of hydrogen-bond donors (Lipinski definition) is 1. The van der Waals surface area contributed by atoms with Gasteiger partial charge in [0.2, 0.25) is 0 Å². The van der Waals surface area contributed by atoms with Crippen molar-refractivity contribution in [1.82, 2.24) is 5.32 Å². The highest BCUT2D eigenvalue weighted by molar-refractivity contribution is 5.99. The Kier molecular flexibility index (Phi) is 7.70. The molecule has 1 aliphatic rings. The molecule has 7 heteroatoms. The van der Waals surface area contributed by atoms with Gasteiger partial charge in [0.05, 0.1) is 44.0 Å². The minimum atomic E-state index is -0.654. The Labute approximate surface area is 171 Å². The molecule has 158 valence electrons. The average molecular weight is 403 g/mol. The number of methoxy groups -OCH3 is 1. The summed E-state index contributed by atoms with van der Waals surface area (Å²) in [5, 5.41) is 3.12. The Hall–Kier alpha value is -2.96. The van der Waals surface area contributed by atoms with Crippen LogP contribution in [0.4, 0.5) is 0 Å². The normalized spacial score (nSPS) is 14.4. The topological polar surface area (TPSA) is 83.1 Å². The molecule has 2 rings (SSSR count). The maximum absolute atomic E-state index is 12.8. The molecule has 0 aliphatic carbocycles. The molecule has 0 spiro atoms. The van der Waals surface area contributed by atoms with Gasteiger partial charge in [-0.1, -0.05) is 6.07 Å². The summed E-state index contributed by atoms with van der Waals surface area (Å²) in [6.07, 6.45) is 0. The average Bonchev–Trinajstić information content (AvgIpc) is 2.68. The molecule has 29 heavy (non-hydrogen) atoms. The molecule has 1 aromatic rings. The van der Waals surface area contributed by atoms with Gasteiger partial charge < -0.3 is 24.3 Å². The molecule has 1 N–H and O–H groups in total. The molecular weight excluding hydrogens is 374 g/mol. The van der Waals surface area contributed by atoms with Crippen molar-refractivity contribution in [2.75, 3.05) is 26.9 Å². The summed E-state index contributed by atoms with van der Waals surface area (Å²) in [5.74, 6) is -0.512. The third-order valence-electron chi connectivity index (χ3n) is 4.57. The maximum Gasteiger partial charge on any atom is 0.336 e. The molecule has 0 atom stereocenters. The second kappa shape index (κ2) is 10.0. The number of nitrogens with one attached hydrogen (secondary N) is 1. The number of dihydropyridines is 1. The largest absolute Gasteiger partial charge is 0.493 e. The first-order chi connectivity index (χ1) is 13.9. The highest BCUT2D eigenvalue weighted by Gasteiger charge is 2.38. The fourth-order valence-corrected chi connectivity index (χ4v) is 3.42. The molecular formula is C22H29NO6. The molecule has 0 radical (unpaired) electrons. The molecule has 0 amide bonds. The number of ether oxygens (including phenoxy) is 4. The lowest BCUT2D eigenvalue weighted by Crippen LogP contribution is -2.32. The molecule has 0 aromatic heterocycles. The quantitative estimate of drug-likeness (QED) is 0.666. The number of hydrogen-bond acceptors (Lipinski definition) is 7. The second-order valence-electron chi connectivity index (χ2n) is 6.42. The SMILES string of the molecule is CCOC(=O)C1=C(C)NC(C)=C(C(=O)OCC)C1c1ccc(OCC)c(OC)c1. The first-order valence-corrected chi connectivity index (χ1v) is 9.72. The van der Waals surface area contributed by atoms with Crippen molar-refractivity contribution in [3.05, 3.63) is 46.3 Å². The zero-order valence-corrected chi connectivity index (χ0v) is 17.9. The van der Waals surface area contributed by atoms with Gasteiger partial charge in [-0.15, -0.1) is 0 Å². The Morgan fingerprint density at radius 2 is 1.45 bits per heavy atom. The van der Waals surface area contributed by atoms with E-state index in [9.17, 15) is 9.59 Å². The van der Waals surface area contributed by atoms with Crippen molar-refractivity contribution in [2.24, 2.45) is 0 Å². The summed E-state index contributed by atoms with van der Waals surface area (Å²) in [7, 11) is 1.55. The number of rotatable bonds is 8. The Balaban J connectivity index is 2.67. The summed E-state index contributed by atoms with van der Waals surface area (Å²) in [6, 6.07) is 5.37. The summed E-state index contributed by atoms with van der Waals surface area (Å²) in [4.78, 5) is 25.6. The number of carbonyl (C=O) groups is 2. The molecule has 1 heterocycles. The maximum atomic E-state index is 12.8. The van der Waals surface area contributed by atoms with Crippen LogP contribution in [0.3, 0.4) is 0 Å². The Bertz CT molecular complexity index is 800. The van der Waals surface area contributed by atoms with Gasteiger partial charge >= 0.3 is 11.9 Å². The van der Waals surface area contributed by atoms with Crippen LogP contribution in [0.2, 0.25) is 0 Å². The Morgan fingerprint density at radius 1 is 0.897 bits per heavy atom.